The largest absolute Gasteiger partial charge is 0.300 e. The third kappa shape index (κ3) is 2.81. The van der Waals surface area contributed by atoms with Gasteiger partial charge in [0.25, 0.3) is 0 Å². The molecule has 6 nitrogen and oxygen atoms in total. The quantitative estimate of drug-likeness (QED) is 0.903. The molecule has 1 N–H and O–H groups in total. The zero-order chi connectivity index (χ0) is 13.2. The molecule has 0 spiro atoms. The van der Waals surface area contributed by atoms with Gasteiger partial charge in [0.2, 0.25) is 11.9 Å². The van der Waals surface area contributed by atoms with E-state index in [-0.39, 0.29) is 5.91 Å². The third-order valence-electron chi connectivity index (χ3n) is 3.15. The van der Waals surface area contributed by atoms with E-state index in [9.17, 15) is 4.79 Å². The molecule has 2 aromatic rings. The second kappa shape index (κ2) is 5.08. The van der Waals surface area contributed by atoms with Gasteiger partial charge in [-0.05, 0) is 12.8 Å². The van der Waals surface area contributed by atoms with Crippen LogP contribution in [-0.2, 0) is 18.3 Å². The predicted molar refractivity (Wildman–Crippen MR) is 72.0 cm³/mol. The number of anilines is 1. The smallest absolute Gasteiger partial charge is 0.231 e. The molecule has 3 rings (SSSR count). The Morgan fingerprint density at radius 3 is 3.05 bits per heavy atom. The summed E-state index contributed by atoms with van der Waals surface area (Å²) in [5, 5.41) is 13.9. The summed E-state index contributed by atoms with van der Waals surface area (Å²) >= 11 is 1.57. The van der Waals surface area contributed by atoms with Crippen LogP contribution in [0.5, 0.6) is 0 Å². The van der Waals surface area contributed by atoms with Crippen LogP contribution in [0.4, 0.5) is 5.95 Å². The molecular weight excluding hydrogens is 262 g/mol. The minimum absolute atomic E-state index is 0.0481. The van der Waals surface area contributed by atoms with E-state index in [1.165, 1.54) is 12.8 Å². The minimum Gasteiger partial charge on any atom is -0.300 e. The van der Waals surface area contributed by atoms with E-state index >= 15 is 0 Å². The Balaban J connectivity index is 1.57. The van der Waals surface area contributed by atoms with Crippen LogP contribution in [0.1, 0.15) is 36.0 Å². The standard InChI is InChI=1S/C12H15N5OS/c1-17-11(8-2-3-8)15-16-12(17)14-9(18)4-5-10-13-6-7-19-10/h6-8H,2-5H2,1H3,(H,14,16,18). The molecule has 1 aliphatic rings. The highest BCUT2D eigenvalue weighted by atomic mass is 32.1. The van der Waals surface area contributed by atoms with Crippen molar-refractivity contribution in [1.82, 2.24) is 19.7 Å². The van der Waals surface area contributed by atoms with E-state index in [1.54, 1.807) is 17.5 Å². The van der Waals surface area contributed by atoms with Crippen LogP contribution in [-0.4, -0.2) is 25.7 Å². The summed E-state index contributed by atoms with van der Waals surface area (Å²) < 4.78 is 1.87. The monoisotopic (exact) mass is 277 g/mol. The molecule has 2 heterocycles. The molecule has 0 saturated heterocycles. The van der Waals surface area contributed by atoms with Crippen LogP contribution < -0.4 is 5.32 Å². The number of rotatable bonds is 5. The second-order valence-electron chi connectivity index (χ2n) is 4.69. The Labute approximate surface area is 114 Å². The van der Waals surface area contributed by atoms with Gasteiger partial charge in [-0.25, -0.2) is 4.98 Å². The molecule has 0 aliphatic heterocycles. The number of hydrogen-bond acceptors (Lipinski definition) is 5. The number of amides is 1. The minimum atomic E-state index is -0.0481. The fourth-order valence-electron chi connectivity index (χ4n) is 1.93. The van der Waals surface area contributed by atoms with Crippen molar-refractivity contribution in [3.05, 3.63) is 22.4 Å². The lowest BCUT2D eigenvalue weighted by molar-refractivity contribution is -0.116. The van der Waals surface area contributed by atoms with E-state index in [2.05, 4.69) is 20.5 Å². The van der Waals surface area contributed by atoms with Gasteiger partial charge in [0, 0.05) is 37.4 Å². The summed E-state index contributed by atoms with van der Waals surface area (Å²) in [6.45, 7) is 0. The Morgan fingerprint density at radius 1 is 1.53 bits per heavy atom. The first-order valence-electron chi connectivity index (χ1n) is 6.31. The van der Waals surface area contributed by atoms with Crippen molar-refractivity contribution >= 4 is 23.2 Å². The van der Waals surface area contributed by atoms with Gasteiger partial charge in [-0.15, -0.1) is 21.5 Å². The lowest BCUT2D eigenvalue weighted by atomic mass is 10.3. The van der Waals surface area contributed by atoms with E-state index in [0.717, 1.165) is 10.8 Å². The van der Waals surface area contributed by atoms with Crippen LogP contribution in [0.3, 0.4) is 0 Å². The topological polar surface area (TPSA) is 72.7 Å². The lowest BCUT2D eigenvalue weighted by Crippen LogP contribution is -2.15. The van der Waals surface area contributed by atoms with Crippen LogP contribution in [0, 0.1) is 0 Å². The van der Waals surface area contributed by atoms with Crippen LogP contribution in [0.25, 0.3) is 0 Å². The molecule has 0 atom stereocenters. The van der Waals surface area contributed by atoms with E-state index in [0.29, 0.717) is 24.7 Å². The van der Waals surface area contributed by atoms with Crippen molar-refractivity contribution in [3.8, 4) is 0 Å². The molecule has 2 aromatic heterocycles. The summed E-state index contributed by atoms with van der Waals surface area (Å²) in [7, 11) is 1.89. The average molecular weight is 277 g/mol. The van der Waals surface area contributed by atoms with Crippen molar-refractivity contribution in [2.24, 2.45) is 7.05 Å². The van der Waals surface area contributed by atoms with Gasteiger partial charge in [0.15, 0.2) is 0 Å². The summed E-state index contributed by atoms with van der Waals surface area (Å²) in [6, 6.07) is 0. The van der Waals surface area contributed by atoms with Crippen molar-refractivity contribution in [3.63, 3.8) is 0 Å². The third-order valence-corrected chi connectivity index (χ3v) is 3.99. The number of aryl methyl sites for hydroxylation is 1. The fraction of sp³-hybridized carbons (Fsp3) is 0.500. The van der Waals surface area contributed by atoms with Crippen LogP contribution >= 0.6 is 11.3 Å². The SMILES string of the molecule is Cn1c(NC(=O)CCc2nccs2)nnc1C1CC1. The van der Waals surface area contributed by atoms with Crippen molar-refractivity contribution in [2.75, 3.05) is 5.32 Å². The van der Waals surface area contributed by atoms with Gasteiger partial charge in [-0.1, -0.05) is 0 Å². The molecule has 0 unspecified atom stereocenters. The molecule has 0 aromatic carbocycles. The Kier molecular flexibility index (Phi) is 3.29. The molecule has 1 fully saturated rings. The molecule has 100 valence electrons. The summed E-state index contributed by atoms with van der Waals surface area (Å²) in [4.78, 5) is 16.0. The molecule has 0 bridgehead atoms. The number of carbonyl (C=O) groups excluding carboxylic acids is 1. The highest BCUT2D eigenvalue weighted by Crippen LogP contribution is 2.39. The number of thiazole rings is 1. The number of nitrogens with zero attached hydrogens (tertiary/aromatic N) is 4. The fourth-order valence-corrected chi connectivity index (χ4v) is 2.55. The van der Waals surface area contributed by atoms with Gasteiger partial charge in [-0.3, -0.25) is 10.1 Å². The van der Waals surface area contributed by atoms with Gasteiger partial charge in [-0.2, -0.15) is 0 Å². The maximum atomic E-state index is 11.8. The molecule has 1 aliphatic carbocycles. The molecule has 1 saturated carbocycles. The van der Waals surface area contributed by atoms with Gasteiger partial charge in [0.1, 0.15) is 5.82 Å². The summed E-state index contributed by atoms with van der Waals surface area (Å²) in [5.41, 5.74) is 0. The molecule has 1 amide bonds. The first kappa shape index (κ1) is 12.3. The first-order chi connectivity index (χ1) is 9.24. The maximum absolute atomic E-state index is 11.8. The molecular formula is C12H15N5OS. The number of carbonyl (C=O) groups is 1. The molecule has 19 heavy (non-hydrogen) atoms. The first-order valence-corrected chi connectivity index (χ1v) is 7.19. The molecule has 7 heteroatoms. The normalized spacial score (nSPS) is 14.6. The number of nitrogens with one attached hydrogen (secondary N) is 1. The van der Waals surface area contributed by atoms with Crippen molar-refractivity contribution < 1.29 is 4.79 Å². The van der Waals surface area contributed by atoms with Crippen LogP contribution in [0.15, 0.2) is 11.6 Å². The summed E-state index contributed by atoms with van der Waals surface area (Å²) in [5.74, 6) is 1.98. The highest BCUT2D eigenvalue weighted by molar-refractivity contribution is 7.09. The van der Waals surface area contributed by atoms with Crippen LogP contribution in [0.2, 0.25) is 0 Å². The summed E-state index contributed by atoms with van der Waals surface area (Å²) in [6.07, 6.45) is 5.17. The second-order valence-corrected chi connectivity index (χ2v) is 5.67. The average Bonchev–Trinajstić information content (AvgIpc) is 2.98. The van der Waals surface area contributed by atoms with Crippen molar-refractivity contribution in [1.29, 1.82) is 0 Å². The van der Waals surface area contributed by atoms with Crippen molar-refractivity contribution in [2.45, 2.75) is 31.6 Å². The van der Waals surface area contributed by atoms with E-state index in [4.69, 9.17) is 0 Å². The number of hydrogen-bond donors (Lipinski definition) is 1. The Morgan fingerprint density at radius 2 is 2.37 bits per heavy atom. The Hall–Kier alpha value is -1.76. The van der Waals surface area contributed by atoms with Gasteiger partial charge in [0.05, 0.1) is 5.01 Å². The van der Waals surface area contributed by atoms with E-state index in [1.807, 2.05) is 17.0 Å². The lowest BCUT2D eigenvalue weighted by Gasteiger charge is -2.04. The van der Waals surface area contributed by atoms with Gasteiger partial charge >= 0.3 is 0 Å². The zero-order valence-electron chi connectivity index (χ0n) is 10.7. The number of aromatic nitrogens is 4. The molecule has 0 radical (unpaired) electrons. The zero-order valence-corrected chi connectivity index (χ0v) is 11.5. The maximum Gasteiger partial charge on any atom is 0.231 e. The highest BCUT2D eigenvalue weighted by Gasteiger charge is 2.29. The Bertz CT molecular complexity index is 573. The predicted octanol–water partition coefficient (Wildman–Crippen LogP) is 1.72. The van der Waals surface area contributed by atoms with Gasteiger partial charge < -0.3 is 4.57 Å². The van der Waals surface area contributed by atoms with E-state index < -0.39 is 0 Å².